The van der Waals surface area contributed by atoms with Crippen molar-refractivity contribution in [1.29, 1.82) is 0 Å². The van der Waals surface area contributed by atoms with Gasteiger partial charge in [0.25, 0.3) is 0 Å². The Morgan fingerprint density at radius 1 is 0.727 bits per heavy atom. The average Bonchev–Trinajstić information content (AvgIpc) is 2.52. The lowest BCUT2D eigenvalue weighted by Gasteiger charge is -2.07. The summed E-state index contributed by atoms with van der Waals surface area (Å²) in [6.07, 6.45) is 0. The molecule has 0 atom stereocenters. The number of rotatable bonds is 1. The molecule has 0 fully saturated rings. The monoisotopic (exact) mass is 300 g/mol. The molecule has 3 aromatic carbocycles. The van der Waals surface area contributed by atoms with E-state index < -0.39 is 8.07 Å². The van der Waals surface area contributed by atoms with Crippen molar-refractivity contribution >= 4 is 18.8 Å². The fraction of sp³-hybridized carbons (Fsp3) is 0.143. The summed E-state index contributed by atoms with van der Waals surface area (Å²) in [6.45, 7) is 6.80. The maximum absolute atomic E-state index is 3.42. The normalized spacial score (nSPS) is 11.0. The van der Waals surface area contributed by atoms with Crippen LogP contribution in [0.1, 0.15) is 5.56 Å². The maximum Gasteiger partial charge on any atom is 0.129 e. The SMILES string of the molecule is C[Si](C)(C)C#Cc1ccc(-c2cccc3ccccc23)cc1. The van der Waals surface area contributed by atoms with Gasteiger partial charge in [-0.05, 0) is 34.0 Å². The molecule has 0 saturated carbocycles. The van der Waals surface area contributed by atoms with E-state index in [1.165, 1.54) is 21.9 Å². The van der Waals surface area contributed by atoms with Crippen molar-refractivity contribution < 1.29 is 0 Å². The Balaban J connectivity index is 2.00. The largest absolute Gasteiger partial charge is 0.129 e. The molecule has 0 amide bonds. The van der Waals surface area contributed by atoms with Gasteiger partial charge in [0.05, 0.1) is 0 Å². The van der Waals surface area contributed by atoms with Crippen LogP contribution in [0.4, 0.5) is 0 Å². The van der Waals surface area contributed by atoms with Crippen LogP contribution in [0.15, 0.2) is 66.7 Å². The molecular weight excluding hydrogens is 280 g/mol. The van der Waals surface area contributed by atoms with Gasteiger partial charge in [0.2, 0.25) is 0 Å². The third-order valence-electron chi connectivity index (χ3n) is 3.57. The van der Waals surface area contributed by atoms with E-state index in [1.54, 1.807) is 0 Å². The summed E-state index contributed by atoms with van der Waals surface area (Å²) in [4.78, 5) is 0. The third-order valence-corrected chi connectivity index (χ3v) is 4.44. The summed E-state index contributed by atoms with van der Waals surface area (Å²) in [5.41, 5.74) is 7.05. The summed E-state index contributed by atoms with van der Waals surface area (Å²) in [6, 6.07) is 23.6. The van der Waals surface area contributed by atoms with E-state index in [1.807, 2.05) is 0 Å². The van der Waals surface area contributed by atoms with Crippen LogP contribution in [-0.2, 0) is 0 Å². The van der Waals surface area contributed by atoms with Crippen molar-refractivity contribution in [2.75, 3.05) is 0 Å². The Hall–Kier alpha value is -2.30. The molecule has 0 aliphatic carbocycles. The molecule has 22 heavy (non-hydrogen) atoms. The minimum Gasteiger partial charge on any atom is -0.127 e. The lowest BCUT2D eigenvalue weighted by Crippen LogP contribution is -2.16. The van der Waals surface area contributed by atoms with Gasteiger partial charge in [0.15, 0.2) is 0 Å². The highest BCUT2D eigenvalue weighted by Crippen LogP contribution is 2.28. The van der Waals surface area contributed by atoms with Gasteiger partial charge in [-0.15, -0.1) is 5.54 Å². The summed E-state index contributed by atoms with van der Waals surface area (Å²) in [7, 11) is -1.31. The van der Waals surface area contributed by atoms with Crippen LogP contribution in [-0.4, -0.2) is 8.07 Å². The van der Waals surface area contributed by atoms with Crippen LogP contribution in [0.5, 0.6) is 0 Å². The van der Waals surface area contributed by atoms with Gasteiger partial charge in [-0.1, -0.05) is 80.2 Å². The van der Waals surface area contributed by atoms with Gasteiger partial charge < -0.3 is 0 Å². The Morgan fingerprint density at radius 3 is 2.14 bits per heavy atom. The minimum absolute atomic E-state index is 1.10. The van der Waals surface area contributed by atoms with E-state index >= 15 is 0 Å². The van der Waals surface area contributed by atoms with E-state index in [4.69, 9.17) is 0 Å². The van der Waals surface area contributed by atoms with Crippen molar-refractivity contribution in [2.24, 2.45) is 0 Å². The molecule has 0 nitrogen and oxygen atoms in total. The number of hydrogen-bond donors (Lipinski definition) is 0. The zero-order chi connectivity index (χ0) is 15.6. The Bertz CT molecular complexity index is 851. The molecule has 0 bridgehead atoms. The Kier molecular flexibility index (Phi) is 3.87. The van der Waals surface area contributed by atoms with Gasteiger partial charge in [0, 0.05) is 5.56 Å². The molecule has 0 N–H and O–H groups in total. The predicted octanol–water partition coefficient (Wildman–Crippen LogP) is 5.74. The van der Waals surface area contributed by atoms with Gasteiger partial charge in [-0.25, -0.2) is 0 Å². The molecule has 3 aromatic rings. The molecule has 0 aliphatic rings. The van der Waals surface area contributed by atoms with Crippen molar-refractivity contribution in [2.45, 2.75) is 19.6 Å². The molecule has 1 heteroatoms. The van der Waals surface area contributed by atoms with Crippen LogP contribution in [0.25, 0.3) is 21.9 Å². The molecule has 0 aromatic heterocycles. The second kappa shape index (κ2) is 5.83. The maximum atomic E-state index is 3.42. The number of fused-ring (bicyclic) bond motifs is 1. The van der Waals surface area contributed by atoms with Crippen molar-refractivity contribution in [3.8, 4) is 22.6 Å². The van der Waals surface area contributed by atoms with Crippen molar-refractivity contribution in [3.05, 3.63) is 72.3 Å². The zero-order valence-corrected chi connectivity index (χ0v) is 14.4. The molecule has 3 rings (SSSR count). The molecule has 0 aliphatic heterocycles. The van der Waals surface area contributed by atoms with Crippen molar-refractivity contribution in [3.63, 3.8) is 0 Å². The van der Waals surface area contributed by atoms with Gasteiger partial charge in [-0.3, -0.25) is 0 Å². The van der Waals surface area contributed by atoms with E-state index in [2.05, 4.69) is 97.8 Å². The predicted molar refractivity (Wildman–Crippen MR) is 99.6 cm³/mol. The Labute approximate surface area is 133 Å². The quantitative estimate of drug-likeness (QED) is 0.397. The second-order valence-corrected chi connectivity index (χ2v) is 11.4. The number of hydrogen-bond acceptors (Lipinski definition) is 0. The van der Waals surface area contributed by atoms with Gasteiger partial charge >= 0.3 is 0 Å². The molecule has 0 unspecified atom stereocenters. The third kappa shape index (κ3) is 3.29. The summed E-state index contributed by atoms with van der Waals surface area (Å²) in [5.74, 6) is 3.31. The molecule has 0 radical (unpaired) electrons. The first-order chi connectivity index (χ1) is 10.5. The van der Waals surface area contributed by atoms with E-state index in [9.17, 15) is 0 Å². The standard InChI is InChI=1S/C21H20Si/c1-22(2,3)16-15-17-11-13-19(14-12-17)21-10-6-8-18-7-4-5-9-20(18)21/h4-14H,1-3H3. The summed E-state index contributed by atoms with van der Waals surface area (Å²) < 4.78 is 0. The molecule has 0 spiro atoms. The molecular formula is C21H20Si. The Morgan fingerprint density at radius 2 is 1.41 bits per heavy atom. The van der Waals surface area contributed by atoms with Crippen LogP contribution in [0.2, 0.25) is 19.6 Å². The van der Waals surface area contributed by atoms with E-state index in [-0.39, 0.29) is 0 Å². The second-order valence-electron chi connectivity index (χ2n) is 6.60. The first-order valence-corrected chi connectivity index (χ1v) is 11.1. The highest BCUT2D eigenvalue weighted by atomic mass is 28.3. The number of benzene rings is 3. The molecule has 108 valence electrons. The average molecular weight is 300 g/mol. The molecule has 0 heterocycles. The van der Waals surface area contributed by atoms with Crippen LogP contribution >= 0.6 is 0 Å². The first-order valence-electron chi connectivity index (χ1n) is 7.64. The highest BCUT2D eigenvalue weighted by Gasteiger charge is 2.07. The lowest BCUT2D eigenvalue weighted by molar-refractivity contribution is 1.61. The summed E-state index contributed by atoms with van der Waals surface area (Å²) in [5, 5.41) is 2.58. The fourth-order valence-electron chi connectivity index (χ4n) is 2.47. The van der Waals surface area contributed by atoms with Crippen LogP contribution < -0.4 is 0 Å². The lowest BCUT2D eigenvalue weighted by atomic mass is 9.98. The van der Waals surface area contributed by atoms with Crippen LogP contribution in [0, 0.1) is 11.5 Å². The van der Waals surface area contributed by atoms with Gasteiger partial charge in [-0.2, -0.15) is 0 Å². The van der Waals surface area contributed by atoms with Crippen LogP contribution in [0.3, 0.4) is 0 Å². The first kappa shape index (κ1) is 14.6. The summed E-state index contributed by atoms with van der Waals surface area (Å²) >= 11 is 0. The minimum atomic E-state index is -1.31. The molecule has 0 saturated heterocycles. The van der Waals surface area contributed by atoms with E-state index in [0.29, 0.717) is 0 Å². The fourth-order valence-corrected chi connectivity index (χ4v) is 2.99. The topological polar surface area (TPSA) is 0 Å². The van der Waals surface area contributed by atoms with E-state index in [0.717, 1.165) is 5.56 Å². The van der Waals surface area contributed by atoms with Crippen molar-refractivity contribution in [1.82, 2.24) is 0 Å². The zero-order valence-electron chi connectivity index (χ0n) is 13.4. The smallest absolute Gasteiger partial charge is 0.127 e. The highest BCUT2D eigenvalue weighted by molar-refractivity contribution is 6.83. The van der Waals surface area contributed by atoms with Gasteiger partial charge in [0.1, 0.15) is 8.07 Å².